The lowest BCUT2D eigenvalue weighted by Crippen LogP contribution is -2.25. The Balaban J connectivity index is 1.39. The van der Waals surface area contributed by atoms with Gasteiger partial charge in [0.05, 0.1) is 0 Å². The Kier molecular flexibility index (Phi) is 6.48. The van der Waals surface area contributed by atoms with Crippen molar-refractivity contribution in [2.45, 2.75) is 45.1 Å². The van der Waals surface area contributed by atoms with Gasteiger partial charge in [0.1, 0.15) is 12.4 Å². The van der Waals surface area contributed by atoms with Gasteiger partial charge in [-0.3, -0.25) is 4.79 Å². The van der Waals surface area contributed by atoms with Crippen LogP contribution in [-0.2, 0) is 17.8 Å². The molecule has 0 heterocycles. The number of ether oxygens (including phenoxy) is 1. The van der Waals surface area contributed by atoms with Crippen molar-refractivity contribution < 1.29 is 9.53 Å². The summed E-state index contributed by atoms with van der Waals surface area (Å²) in [7, 11) is 0. The van der Waals surface area contributed by atoms with Crippen LogP contribution in [0.1, 0.15) is 48.8 Å². The summed E-state index contributed by atoms with van der Waals surface area (Å²) in [4.78, 5) is 12.0. The van der Waals surface area contributed by atoms with Gasteiger partial charge in [-0.05, 0) is 72.1 Å². The van der Waals surface area contributed by atoms with Crippen molar-refractivity contribution in [3.8, 4) is 16.9 Å². The molecular weight excluding hydrogens is 370 g/mol. The molecule has 0 aliphatic heterocycles. The van der Waals surface area contributed by atoms with Crippen molar-refractivity contribution in [1.82, 2.24) is 5.32 Å². The van der Waals surface area contributed by atoms with E-state index in [1.54, 1.807) is 0 Å². The predicted octanol–water partition coefficient (Wildman–Crippen LogP) is 5.88. The molecule has 1 aliphatic carbocycles. The van der Waals surface area contributed by atoms with Crippen LogP contribution in [0.2, 0.25) is 0 Å². The van der Waals surface area contributed by atoms with Crippen LogP contribution >= 0.6 is 0 Å². The zero-order chi connectivity index (χ0) is 20.8. The third-order valence-corrected chi connectivity index (χ3v) is 5.83. The summed E-state index contributed by atoms with van der Waals surface area (Å²) in [5.41, 5.74) is 6.23. The first-order chi connectivity index (χ1) is 14.7. The van der Waals surface area contributed by atoms with Gasteiger partial charge in [-0.25, -0.2) is 0 Å². The number of carbonyl (C=O) groups is 1. The standard InChI is InChI=1S/C27H29NO2/c1-2-28-27(29)18-24-10-6-9-23-17-25(15-16-26(23)24)30-19-20-11-13-22(14-12-20)21-7-4-3-5-8-21/h3-5,7-8,11-17,24H,2,6,9-10,18-19H2,1H3,(H,28,29). The minimum absolute atomic E-state index is 0.148. The van der Waals surface area contributed by atoms with E-state index in [2.05, 4.69) is 66.0 Å². The van der Waals surface area contributed by atoms with Gasteiger partial charge in [0.15, 0.2) is 0 Å². The Bertz CT molecular complexity index is 980. The van der Waals surface area contributed by atoms with E-state index in [0.717, 1.165) is 30.6 Å². The highest BCUT2D eigenvalue weighted by molar-refractivity contribution is 5.77. The molecule has 0 bridgehead atoms. The van der Waals surface area contributed by atoms with Crippen LogP contribution < -0.4 is 10.1 Å². The van der Waals surface area contributed by atoms with E-state index in [4.69, 9.17) is 4.74 Å². The molecule has 0 saturated carbocycles. The maximum Gasteiger partial charge on any atom is 0.220 e. The van der Waals surface area contributed by atoms with Crippen molar-refractivity contribution in [3.05, 3.63) is 89.5 Å². The van der Waals surface area contributed by atoms with Gasteiger partial charge < -0.3 is 10.1 Å². The molecule has 1 amide bonds. The van der Waals surface area contributed by atoms with Crippen LogP contribution in [0.3, 0.4) is 0 Å². The minimum Gasteiger partial charge on any atom is -0.489 e. The maximum absolute atomic E-state index is 12.0. The number of carbonyl (C=O) groups excluding carboxylic acids is 1. The van der Waals surface area contributed by atoms with Crippen LogP contribution in [0.5, 0.6) is 5.75 Å². The predicted molar refractivity (Wildman–Crippen MR) is 122 cm³/mol. The summed E-state index contributed by atoms with van der Waals surface area (Å²) >= 11 is 0. The molecule has 1 N–H and O–H groups in total. The van der Waals surface area contributed by atoms with E-state index < -0.39 is 0 Å². The first kappa shape index (κ1) is 20.2. The quantitative estimate of drug-likeness (QED) is 0.539. The molecule has 0 aromatic heterocycles. The number of nitrogens with one attached hydrogen (secondary N) is 1. The Morgan fingerprint density at radius 2 is 1.77 bits per heavy atom. The number of aryl methyl sites for hydroxylation is 1. The number of amides is 1. The van der Waals surface area contributed by atoms with Crippen LogP contribution in [0.15, 0.2) is 72.8 Å². The fourth-order valence-corrected chi connectivity index (χ4v) is 4.28. The van der Waals surface area contributed by atoms with Gasteiger partial charge in [-0.2, -0.15) is 0 Å². The fourth-order valence-electron chi connectivity index (χ4n) is 4.28. The maximum atomic E-state index is 12.0. The second-order valence-corrected chi connectivity index (χ2v) is 7.96. The number of rotatable bonds is 7. The first-order valence-corrected chi connectivity index (χ1v) is 10.9. The van der Waals surface area contributed by atoms with Crippen molar-refractivity contribution in [2.24, 2.45) is 0 Å². The highest BCUT2D eigenvalue weighted by Gasteiger charge is 2.22. The topological polar surface area (TPSA) is 38.3 Å². The molecule has 1 atom stereocenters. The first-order valence-electron chi connectivity index (χ1n) is 10.9. The second kappa shape index (κ2) is 9.62. The molecule has 0 saturated heterocycles. The second-order valence-electron chi connectivity index (χ2n) is 7.96. The van der Waals surface area contributed by atoms with E-state index in [1.165, 1.54) is 22.3 Å². The number of fused-ring (bicyclic) bond motifs is 1. The van der Waals surface area contributed by atoms with Crippen molar-refractivity contribution in [1.29, 1.82) is 0 Å². The zero-order valence-corrected chi connectivity index (χ0v) is 17.6. The molecule has 1 unspecified atom stereocenters. The van der Waals surface area contributed by atoms with E-state index in [9.17, 15) is 4.79 Å². The molecule has 4 rings (SSSR count). The SMILES string of the molecule is CCNC(=O)CC1CCCc2cc(OCc3ccc(-c4ccccc4)cc3)ccc21. The Labute approximate surface area is 179 Å². The molecule has 3 aromatic carbocycles. The van der Waals surface area contributed by atoms with Crippen LogP contribution in [0.4, 0.5) is 0 Å². The van der Waals surface area contributed by atoms with Gasteiger partial charge in [0.25, 0.3) is 0 Å². The summed E-state index contributed by atoms with van der Waals surface area (Å²) in [5, 5.41) is 2.92. The average molecular weight is 400 g/mol. The zero-order valence-electron chi connectivity index (χ0n) is 17.6. The van der Waals surface area contributed by atoms with Crippen LogP contribution in [0.25, 0.3) is 11.1 Å². The largest absolute Gasteiger partial charge is 0.489 e. The third kappa shape index (κ3) is 4.91. The lowest BCUT2D eigenvalue weighted by Gasteiger charge is -2.25. The smallest absolute Gasteiger partial charge is 0.220 e. The Morgan fingerprint density at radius 3 is 2.53 bits per heavy atom. The van der Waals surface area contributed by atoms with Gasteiger partial charge >= 0.3 is 0 Å². The highest BCUT2D eigenvalue weighted by Crippen LogP contribution is 2.36. The molecule has 3 aromatic rings. The van der Waals surface area contributed by atoms with Crippen LogP contribution in [0, 0.1) is 0 Å². The van der Waals surface area contributed by atoms with Gasteiger partial charge in [0.2, 0.25) is 5.91 Å². The molecule has 154 valence electrons. The lowest BCUT2D eigenvalue weighted by atomic mass is 9.81. The minimum atomic E-state index is 0.148. The lowest BCUT2D eigenvalue weighted by molar-refractivity contribution is -0.121. The highest BCUT2D eigenvalue weighted by atomic mass is 16.5. The van der Waals surface area contributed by atoms with E-state index in [-0.39, 0.29) is 5.91 Å². The number of hydrogen-bond acceptors (Lipinski definition) is 2. The molecule has 0 radical (unpaired) electrons. The summed E-state index contributed by atoms with van der Waals surface area (Å²) in [6.07, 6.45) is 3.85. The normalized spacial score (nSPS) is 15.3. The number of benzene rings is 3. The molecule has 30 heavy (non-hydrogen) atoms. The third-order valence-electron chi connectivity index (χ3n) is 5.83. The summed E-state index contributed by atoms with van der Waals surface area (Å²) in [6, 6.07) is 25.3. The van der Waals surface area contributed by atoms with Gasteiger partial charge in [-0.15, -0.1) is 0 Å². The summed E-state index contributed by atoms with van der Waals surface area (Å²) in [6.45, 7) is 3.21. The summed E-state index contributed by atoms with van der Waals surface area (Å²) in [5.74, 6) is 1.37. The molecular formula is C27H29NO2. The van der Waals surface area contributed by atoms with Gasteiger partial charge in [-0.1, -0.05) is 60.7 Å². The fraction of sp³-hybridized carbons (Fsp3) is 0.296. The van der Waals surface area contributed by atoms with E-state index in [1.807, 2.05) is 19.1 Å². The van der Waals surface area contributed by atoms with Gasteiger partial charge in [0, 0.05) is 13.0 Å². The molecule has 1 aliphatic rings. The average Bonchev–Trinajstić information content (AvgIpc) is 2.79. The molecule has 0 spiro atoms. The van der Waals surface area contributed by atoms with Crippen LogP contribution in [-0.4, -0.2) is 12.5 Å². The monoisotopic (exact) mass is 399 g/mol. The molecule has 3 heteroatoms. The van der Waals surface area contributed by atoms with Crippen molar-refractivity contribution >= 4 is 5.91 Å². The molecule has 3 nitrogen and oxygen atoms in total. The number of hydrogen-bond donors (Lipinski definition) is 1. The Hall–Kier alpha value is -3.07. The van der Waals surface area contributed by atoms with E-state index >= 15 is 0 Å². The Morgan fingerprint density at radius 1 is 1.00 bits per heavy atom. The van der Waals surface area contributed by atoms with Crippen molar-refractivity contribution in [3.63, 3.8) is 0 Å². The van der Waals surface area contributed by atoms with Crippen molar-refractivity contribution in [2.75, 3.05) is 6.54 Å². The molecule has 0 fully saturated rings. The summed E-state index contributed by atoms with van der Waals surface area (Å²) < 4.78 is 6.08. The van der Waals surface area contributed by atoms with E-state index in [0.29, 0.717) is 25.5 Å².